The first-order valence-electron chi connectivity index (χ1n) is 9.42. The van der Waals surface area contributed by atoms with Crippen molar-refractivity contribution in [2.45, 2.75) is 65.2 Å². The van der Waals surface area contributed by atoms with Crippen molar-refractivity contribution in [3.05, 3.63) is 11.6 Å². The molecule has 4 aliphatic carbocycles. The first-order valence-corrected chi connectivity index (χ1v) is 9.42. The Labute approximate surface area is 139 Å². The lowest BCUT2D eigenvalue weighted by Crippen LogP contribution is -2.58. The van der Waals surface area contributed by atoms with Gasteiger partial charge < -0.3 is 10.2 Å². The molecular formula is C20H30O3. The highest BCUT2D eigenvalue weighted by Crippen LogP contribution is 2.70. The van der Waals surface area contributed by atoms with Gasteiger partial charge >= 0.3 is 5.97 Å². The van der Waals surface area contributed by atoms with Gasteiger partial charge in [0.2, 0.25) is 0 Å². The van der Waals surface area contributed by atoms with E-state index >= 15 is 0 Å². The molecule has 128 valence electrons. The van der Waals surface area contributed by atoms with Crippen molar-refractivity contribution in [3.8, 4) is 0 Å². The first kappa shape index (κ1) is 15.7. The fraction of sp³-hybridized carbons (Fsp3) is 0.850. The Morgan fingerprint density at radius 2 is 1.96 bits per heavy atom. The average Bonchev–Trinajstić information content (AvgIpc) is 2.77. The largest absolute Gasteiger partial charge is 0.481 e. The number of hydrogen-bond acceptors (Lipinski definition) is 2. The molecule has 3 saturated carbocycles. The molecule has 4 rings (SSSR count). The van der Waals surface area contributed by atoms with Crippen LogP contribution < -0.4 is 0 Å². The number of aliphatic carboxylic acids is 1. The van der Waals surface area contributed by atoms with Crippen molar-refractivity contribution in [1.29, 1.82) is 0 Å². The number of carboxylic acids is 1. The van der Waals surface area contributed by atoms with E-state index in [1.165, 1.54) is 31.3 Å². The summed E-state index contributed by atoms with van der Waals surface area (Å²) >= 11 is 0. The van der Waals surface area contributed by atoms with Crippen LogP contribution in [0, 0.1) is 34.0 Å². The molecule has 0 radical (unpaired) electrons. The summed E-state index contributed by atoms with van der Waals surface area (Å²) in [6, 6.07) is 0. The molecule has 4 unspecified atom stereocenters. The average molecular weight is 318 g/mol. The van der Waals surface area contributed by atoms with E-state index in [0.717, 1.165) is 25.7 Å². The van der Waals surface area contributed by atoms with E-state index in [4.69, 9.17) is 0 Å². The second-order valence-corrected chi connectivity index (χ2v) is 9.31. The molecule has 0 aromatic carbocycles. The van der Waals surface area contributed by atoms with Crippen molar-refractivity contribution < 1.29 is 15.0 Å². The van der Waals surface area contributed by atoms with Crippen molar-refractivity contribution in [3.63, 3.8) is 0 Å². The molecule has 0 saturated heterocycles. The van der Waals surface area contributed by atoms with Crippen molar-refractivity contribution in [1.82, 2.24) is 0 Å². The van der Waals surface area contributed by atoms with Gasteiger partial charge in [-0.05, 0) is 86.0 Å². The lowest BCUT2D eigenvalue weighted by molar-refractivity contribution is -0.177. The SMILES string of the molecule is C[C@@]12CCC[C@@](C)(C(=O)O)C1CCC13C=C(CO)C(CCC12)C3. The molecule has 0 heterocycles. The highest BCUT2D eigenvalue weighted by Gasteiger charge is 2.64. The predicted molar refractivity (Wildman–Crippen MR) is 88.9 cm³/mol. The predicted octanol–water partition coefficient (Wildman–Crippen LogP) is 4.01. The Bertz CT molecular complexity index is 567. The Hall–Kier alpha value is -0.830. The number of rotatable bonds is 2. The number of aliphatic hydroxyl groups excluding tert-OH is 1. The summed E-state index contributed by atoms with van der Waals surface area (Å²) in [5.74, 6) is 0.912. The van der Waals surface area contributed by atoms with Crippen LogP contribution in [0.15, 0.2) is 11.6 Å². The fourth-order valence-corrected chi connectivity index (χ4v) is 7.48. The zero-order valence-electron chi connectivity index (χ0n) is 14.5. The molecule has 0 amide bonds. The molecule has 3 heteroatoms. The summed E-state index contributed by atoms with van der Waals surface area (Å²) < 4.78 is 0. The van der Waals surface area contributed by atoms with Gasteiger partial charge in [0.15, 0.2) is 0 Å². The fourth-order valence-electron chi connectivity index (χ4n) is 7.48. The molecule has 0 aromatic heterocycles. The lowest BCUT2D eigenvalue weighted by Gasteiger charge is -2.63. The summed E-state index contributed by atoms with van der Waals surface area (Å²) in [6.45, 7) is 4.62. The maximum atomic E-state index is 12.0. The number of fused-ring (bicyclic) bond motifs is 3. The van der Waals surface area contributed by atoms with Crippen LogP contribution >= 0.6 is 0 Å². The molecule has 2 N–H and O–H groups in total. The molecule has 3 nitrogen and oxygen atoms in total. The van der Waals surface area contributed by atoms with Crippen LogP contribution in [0.1, 0.15) is 65.2 Å². The summed E-state index contributed by atoms with van der Waals surface area (Å²) in [4.78, 5) is 12.0. The van der Waals surface area contributed by atoms with Crippen molar-refractivity contribution >= 4 is 5.97 Å². The van der Waals surface area contributed by atoms with E-state index in [2.05, 4.69) is 13.0 Å². The highest BCUT2D eigenvalue weighted by atomic mass is 16.4. The Morgan fingerprint density at radius 1 is 1.17 bits per heavy atom. The molecule has 6 atom stereocenters. The minimum atomic E-state index is -0.587. The van der Waals surface area contributed by atoms with E-state index in [-0.39, 0.29) is 17.4 Å². The molecule has 2 bridgehead atoms. The van der Waals surface area contributed by atoms with Gasteiger partial charge in [-0.1, -0.05) is 19.4 Å². The normalized spacial score (nSPS) is 51.6. The van der Waals surface area contributed by atoms with Crippen LogP contribution in [-0.2, 0) is 4.79 Å². The van der Waals surface area contributed by atoms with E-state index < -0.39 is 11.4 Å². The number of aliphatic hydroxyl groups is 1. The summed E-state index contributed by atoms with van der Waals surface area (Å²) in [7, 11) is 0. The van der Waals surface area contributed by atoms with Crippen LogP contribution in [0.3, 0.4) is 0 Å². The second kappa shape index (κ2) is 4.84. The quantitative estimate of drug-likeness (QED) is 0.756. The minimum Gasteiger partial charge on any atom is -0.481 e. The van der Waals surface area contributed by atoms with Crippen molar-refractivity contribution in [2.24, 2.45) is 34.0 Å². The monoisotopic (exact) mass is 318 g/mol. The Morgan fingerprint density at radius 3 is 2.65 bits per heavy atom. The molecule has 4 aliphatic rings. The summed E-state index contributed by atoms with van der Waals surface area (Å²) in [5.41, 5.74) is 1.12. The highest BCUT2D eigenvalue weighted by molar-refractivity contribution is 5.75. The minimum absolute atomic E-state index is 0.149. The lowest BCUT2D eigenvalue weighted by atomic mass is 9.41. The molecule has 1 spiro atoms. The van der Waals surface area contributed by atoms with E-state index in [9.17, 15) is 15.0 Å². The van der Waals surface area contributed by atoms with Gasteiger partial charge in [0.25, 0.3) is 0 Å². The maximum absolute atomic E-state index is 12.0. The number of hydrogen-bond donors (Lipinski definition) is 2. The van der Waals surface area contributed by atoms with E-state index in [0.29, 0.717) is 17.8 Å². The summed E-state index contributed by atoms with van der Waals surface area (Å²) in [6.07, 6.45) is 11.3. The molecule has 23 heavy (non-hydrogen) atoms. The Kier molecular flexibility index (Phi) is 3.30. The number of carbonyl (C=O) groups is 1. The van der Waals surface area contributed by atoms with Crippen LogP contribution in [0.4, 0.5) is 0 Å². The molecule has 0 aromatic rings. The van der Waals surface area contributed by atoms with Gasteiger partial charge in [0.1, 0.15) is 0 Å². The van der Waals surface area contributed by atoms with Crippen LogP contribution in [0.5, 0.6) is 0 Å². The molecule has 0 aliphatic heterocycles. The molecule has 3 fully saturated rings. The zero-order valence-corrected chi connectivity index (χ0v) is 14.5. The van der Waals surface area contributed by atoms with Gasteiger partial charge in [-0.2, -0.15) is 0 Å². The van der Waals surface area contributed by atoms with Gasteiger partial charge in [0, 0.05) is 0 Å². The van der Waals surface area contributed by atoms with Crippen LogP contribution in [0.2, 0.25) is 0 Å². The number of carboxylic acid groups (broad SMARTS) is 1. The maximum Gasteiger partial charge on any atom is 0.309 e. The van der Waals surface area contributed by atoms with Crippen LogP contribution in [0.25, 0.3) is 0 Å². The first-order chi connectivity index (χ1) is 10.9. The van der Waals surface area contributed by atoms with Gasteiger partial charge in [-0.25, -0.2) is 0 Å². The van der Waals surface area contributed by atoms with Crippen molar-refractivity contribution in [2.75, 3.05) is 6.61 Å². The zero-order chi connectivity index (χ0) is 16.5. The van der Waals surface area contributed by atoms with E-state index in [1.807, 2.05) is 6.92 Å². The Balaban J connectivity index is 1.75. The van der Waals surface area contributed by atoms with Gasteiger partial charge in [-0.3, -0.25) is 4.79 Å². The van der Waals surface area contributed by atoms with Crippen LogP contribution in [-0.4, -0.2) is 22.8 Å². The standard InChI is InChI=1S/C20H30O3/c1-18-7-3-8-19(2,17(22)23)15(18)6-9-20-10-13(4-5-16(18)20)14(11-20)12-21/h11,13,15-16,21H,3-10,12H2,1-2H3,(H,22,23)/t13?,15?,16?,18-,19-,20?/m1/s1. The van der Waals surface area contributed by atoms with Gasteiger partial charge in [-0.15, -0.1) is 0 Å². The third kappa shape index (κ3) is 1.89. The summed E-state index contributed by atoms with van der Waals surface area (Å²) in [5, 5.41) is 19.6. The smallest absolute Gasteiger partial charge is 0.309 e. The third-order valence-corrected chi connectivity index (χ3v) is 8.46. The molecular weight excluding hydrogens is 288 g/mol. The number of allylic oxidation sites excluding steroid dienone is 1. The van der Waals surface area contributed by atoms with E-state index in [1.54, 1.807) is 0 Å². The third-order valence-electron chi connectivity index (χ3n) is 8.46. The van der Waals surface area contributed by atoms with Gasteiger partial charge in [0.05, 0.1) is 12.0 Å². The topological polar surface area (TPSA) is 57.5 Å². The second-order valence-electron chi connectivity index (χ2n) is 9.31.